The lowest BCUT2D eigenvalue weighted by Crippen LogP contribution is -2.20. The minimum Gasteiger partial charge on any atom is -0.494 e. The molecule has 6 aromatic rings. The van der Waals surface area contributed by atoms with E-state index >= 15 is 0 Å². The van der Waals surface area contributed by atoms with E-state index in [9.17, 15) is 19.2 Å². The van der Waals surface area contributed by atoms with Crippen LogP contribution in [-0.2, 0) is 26.1 Å². The van der Waals surface area contributed by atoms with E-state index in [0.717, 1.165) is 37.1 Å². The highest BCUT2D eigenvalue weighted by Crippen LogP contribution is 2.32. The summed E-state index contributed by atoms with van der Waals surface area (Å²) in [6, 6.07) is 8.29. The van der Waals surface area contributed by atoms with E-state index in [2.05, 4.69) is 41.7 Å². The molecule has 0 atom stereocenters. The standard InChI is InChI=1S/C33H40N10O5.C7H9NO2.CH5N/c1-6-43-25(14-20(2)40-43)31(46)39-33-38-23-15-21(19-44)16-26(47-5)28(23)42(33)12-8-7-11-41-29-24(37-32(41)36-4)17-22(30(34)45)18-27(29)48-13-9-10-35-3;1-3-6-7(4-9)10-5(2)8-6;1-2/h7-8,14-19,35H,6,9-13H2,1-5H3,(H2,34,45)(H,36,37)(H,38,39,46);4H,3H2,1-2H3;2H2,1H3/b8-7+;;. The molecule has 0 saturated carbocycles. The third-order valence-corrected chi connectivity index (χ3v) is 9.01. The predicted molar refractivity (Wildman–Crippen MR) is 229 cm³/mol. The first-order chi connectivity index (χ1) is 29.0. The van der Waals surface area contributed by atoms with Crippen LogP contribution in [0.1, 0.15) is 79.3 Å². The van der Waals surface area contributed by atoms with Gasteiger partial charge in [0.05, 0.1) is 36.1 Å². The van der Waals surface area contributed by atoms with Crippen LogP contribution in [0.25, 0.3) is 22.1 Å². The number of hydrogen-bond acceptors (Lipinski definition) is 14. The largest absolute Gasteiger partial charge is 0.494 e. The van der Waals surface area contributed by atoms with Crippen molar-refractivity contribution in [1.29, 1.82) is 0 Å². The van der Waals surface area contributed by atoms with Crippen molar-refractivity contribution in [1.82, 2.24) is 39.2 Å². The summed E-state index contributed by atoms with van der Waals surface area (Å²) >= 11 is 0. The van der Waals surface area contributed by atoms with Gasteiger partial charge in [-0.25, -0.2) is 15.0 Å². The van der Waals surface area contributed by atoms with Crippen molar-refractivity contribution in [2.24, 2.45) is 11.5 Å². The Hall–Kier alpha value is -6.86. The van der Waals surface area contributed by atoms with E-state index in [-0.39, 0.29) is 11.9 Å². The first kappa shape index (κ1) is 45.8. The van der Waals surface area contributed by atoms with Gasteiger partial charge in [0.15, 0.2) is 17.9 Å². The molecule has 4 aromatic heterocycles. The van der Waals surface area contributed by atoms with Crippen LogP contribution in [0.5, 0.6) is 11.5 Å². The minimum atomic E-state index is -0.571. The van der Waals surface area contributed by atoms with Gasteiger partial charge < -0.3 is 45.1 Å². The first-order valence-corrected chi connectivity index (χ1v) is 19.3. The number of nitrogens with one attached hydrogen (secondary N) is 3. The van der Waals surface area contributed by atoms with Gasteiger partial charge in [0, 0.05) is 44.7 Å². The fraction of sp³-hybridized carbons (Fsp3) is 0.366. The number of hydrogen-bond donors (Lipinski definition) is 5. The molecule has 0 bridgehead atoms. The number of imidazole rings is 2. The molecule has 19 heteroatoms. The highest BCUT2D eigenvalue weighted by atomic mass is 16.5. The van der Waals surface area contributed by atoms with Gasteiger partial charge in [0.2, 0.25) is 17.8 Å². The maximum Gasteiger partial charge on any atom is 0.276 e. The second-order valence-electron chi connectivity index (χ2n) is 13.0. The molecular weight excluding hydrogens is 773 g/mol. The average molecular weight is 827 g/mol. The van der Waals surface area contributed by atoms with Crippen LogP contribution >= 0.6 is 0 Å². The minimum absolute atomic E-state index is 0.280. The number of carbonyl (C=O) groups excluding carboxylic acids is 4. The Labute approximate surface area is 347 Å². The number of oxazole rings is 1. The third kappa shape index (κ3) is 10.6. The van der Waals surface area contributed by atoms with Crippen molar-refractivity contribution >= 4 is 58.4 Å². The maximum absolute atomic E-state index is 13.4. The zero-order valence-corrected chi connectivity index (χ0v) is 35.3. The summed E-state index contributed by atoms with van der Waals surface area (Å²) in [7, 11) is 6.66. The van der Waals surface area contributed by atoms with Crippen molar-refractivity contribution in [3.8, 4) is 11.5 Å². The van der Waals surface area contributed by atoms with Crippen molar-refractivity contribution < 1.29 is 33.1 Å². The second kappa shape index (κ2) is 21.8. The van der Waals surface area contributed by atoms with Gasteiger partial charge in [-0.05, 0) is 77.7 Å². The van der Waals surface area contributed by atoms with E-state index < -0.39 is 5.91 Å². The number of ether oxygens (including phenoxy) is 2. The number of nitrogens with zero attached hydrogens (tertiary/aromatic N) is 7. The summed E-state index contributed by atoms with van der Waals surface area (Å²) in [6.45, 7) is 9.83. The number of aromatic nitrogens is 7. The molecule has 0 radical (unpaired) electrons. The summed E-state index contributed by atoms with van der Waals surface area (Å²) in [4.78, 5) is 60.8. The van der Waals surface area contributed by atoms with Gasteiger partial charge in [0.25, 0.3) is 5.91 Å². The maximum atomic E-state index is 13.4. The molecule has 60 heavy (non-hydrogen) atoms. The highest BCUT2D eigenvalue weighted by Gasteiger charge is 2.21. The highest BCUT2D eigenvalue weighted by molar-refractivity contribution is 6.03. The molecule has 2 aromatic carbocycles. The zero-order chi connectivity index (χ0) is 43.9. The van der Waals surface area contributed by atoms with Crippen LogP contribution in [0.4, 0.5) is 11.9 Å². The molecule has 7 N–H and O–H groups in total. The number of primary amides is 1. The van der Waals surface area contributed by atoms with E-state index in [0.29, 0.717) is 101 Å². The Balaban J connectivity index is 0.000000573. The average Bonchev–Trinajstić information content (AvgIpc) is 4.03. The smallest absolute Gasteiger partial charge is 0.276 e. The van der Waals surface area contributed by atoms with Crippen molar-refractivity contribution in [3.05, 3.63) is 82.3 Å². The topological polar surface area (TPSA) is 254 Å². The lowest BCUT2D eigenvalue weighted by Gasteiger charge is -2.13. The molecule has 0 spiro atoms. The number of anilines is 2. The van der Waals surface area contributed by atoms with E-state index in [1.54, 1.807) is 49.0 Å². The zero-order valence-electron chi connectivity index (χ0n) is 35.3. The lowest BCUT2D eigenvalue weighted by molar-refractivity contribution is 0.0995. The monoisotopic (exact) mass is 826 g/mol. The van der Waals surface area contributed by atoms with Gasteiger partial charge in [-0.3, -0.25) is 29.2 Å². The van der Waals surface area contributed by atoms with Crippen LogP contribution in [0.2, 0.25) is 0 Å². The van der Waals surface area contributed by atoms with Gasteiger partial charge in [-0.2, -0.15) is 5.10 Å². The van der Waals surface area contributed by atoms with Crippen LogP contribution in [-0.4, -0.2) is 99.7 Å². The van der Waals surface area contributed by atoms with Gasteiger partial charge in [0.1, 0.15) is 34.5 Å². The number of aryl methyl sites for hydroxylation is 4. The van der Waals surface area contributed by atoms with Crippen LogP contribution in [0, 0.1) is 13.8 Å². The molecule has 0 saturated heterocycles. The molecule has 2 amide bonds. The molecule has 320 valence electrons. The molecule has 0 aliphatic rings. The molecule has 0 fully saturated rings. The van der Waals surface area contributed by atoms with Gasteiger partial charge in [-0.1, -0.05) is 19.1 Å². The fourth-order valence-corrected chi connectivity index (χ4v) is 6.36. The lowest BCUT2D eigenvalue weighted by atomic mass is 10.1. The summed E-state index contributed by atoms with van der Waals surface area (Å²) in [6.07, 6.45) is 6.81. The molecule has 0 unspecified atom stereocenters. The van der Waals surface area contributed by atoms with Crippen molar-refractivity contribution in [2.45, 2.75) is 60.2 Å². The normalized spacial score (nSPS) is 10.9. The number of benzene rings is 2. The van der Waals surface area contributed by atoms with Crippen LogP contribution < -0.4 is 36.9 Å². The Morgan fingerprint density at radius 3 is 2.13 bits per heavy atom. The Morgan fingerprint density at radius 1 is 0.883 bits per heavy atom. The number of aldehydes is 2. The number of nitrogens with two attached hydrogens (primary N) is 2. The fourth-order valence-electron chi connectivity index (χ4n) is 6.36. The van der Waals surface area contributed by atoms with E-state index in [1.165, 1.54) is 14.2 Å². The van der Waals surface area contributed by atoms with Crippen LogP contribution in [0.15, 0.2) is 46.9 Å². The Kier molecular flexibility index (Phi) is 16.6. The number of fused-ring (bicyclic) bond motifs is 2. The number of amides is 2. The SMILES string of the molecule is CCc1nc(C)oc1C=O.CCn1nc(C)cc1C(=O)Nc1nc2cc(C=O)cc(OC)c2n1C/C=C/Cn1c(NC)nc2cc(C(N)=O)cc(OCCCNC)c21.CN. The summed E-state index contributed by atoms with van der Waals surface area (Å²) in [5.41, 5.74) is 15.1. The van der Waals surface area contributed by atoms with E-state index in [4.69, 9.17) is 19.6 Å². The second-order valence-corrected chi connectivity index (χ2v) is 13.0. The summed E-state index contributed by atoms with van der Waals surface area (Å²) in [5.74, 6) is 1.77. The van der Waals surface area contributed by atoms with Crippen molar-refractivity contribution in [2.75, 3.05) is 52.0 Å². The molecular formula is C41H54N12O7. The Bertz CT molecular complexity index is 2460. The molecule has 0 aliphatic heterocycles. The molecule has 0 aliphatic carbocycles. The summed E-state index contributed by atoms with van der Waals surface area (Å²) < 4.78 is 22.1. The molecule has 6 rings (SSSR count). The number of methoxy groups -OCH3 is 1. The first-order valence-electron chi connectivity index (χ1n) is 19.3. The number of carbonyl (C=O) groups is 4. The van der Waals surface area contributed by atoms with E-state index in [1.807, 2.05) is 49.1 Å². The Morgan fingerprint density at radius 2 is 1.55 bits per heavy atom. The quantitative estimate of drug-likeness (QED) is 0.0460. The molecule has 19 nitrogen and oxygen atoms in total. The van der Waals surface area contributed by atoms with Gasteiger partial charge >= 0.3 is 0 Å². The van der Waals surface area contributed by atoms with Crippen molar-refractivity contribution in [3.63, 3.8) is 0 Å². The summed E-state index contributed by atoms with van der Waals surface area (Å²) in [5, 5.41) is 13.5. The third-order valence-electron chi connectivity index (χ3n) is 9.01. The number of rotatable bonds is 18. The van der Waals surface area contributed by atoms with Crippen LogP contribution in [0.3, 0.4) is 0 Å². The molecule has 4 heterocycles. The number of allylic oxidation sites excluding steroid dienone is 2. The predicted octanol–water partition coefficient (Wildman–Crippen LogP) is 4.30. The van der Waals surface area contributed by atoms with Gasteiger partial charge in [-0.15, -0.1) is 0 Å².